The summed E-state index contributed by atoms with van der Waals surface area (Å²) >= 11 is 0. The van der Waals surface area contributed by atoms with Crippen LogP contribution < -0.4 is 5.32 Å². The van der Waals surface area contributed by atoms with Crippen LogP contribution in [0.5, 0.6) is 0 Å². The molecule has 0 saturated carbocycles. The molecule has 1 unspecified atom stereocenters. The van der Waals surface area contributed by atoms with Crippen molar-refractivity contribution in [2.75, 3.05) is 13.6 Å². The fourth-order valence-corrected chi connectivity index (χ4v) is 2.42. The molecule has 1 aromatic carbocycles. The molecule has 2 rings (SSSR count). The van der Waals surface area contributed by atoms with E-state index in [0.29, 0.717) is 11.8 Å². The Morgan fingerprint density at radius 2 is 2.11 bits per heavy atom. The third-order valence-electron chi connectivity index (χ3n) is 3.70. The van der Waals surface area contributed by atoms with Crippen LogP contribution in [-0.2, 0) is 13.5 Å². The Morgan fingerprint density at radius 3 is 2.78 bits per heavy atom. The Hall–Kier alpha value is -1.35. The first-order valence-electron chi connectivity index (χ1n) is 6.66. The van der Waals surface area contributed by atoms with Crippen molar-refractivity contribution in [2.24, 2.45) is 18.9 Å². The maximum atomic E-state index is 4.42. The van der Waals surface area contributed by atoms with Gasteiger partial charge < -0.3 is 9.88 Å². The molecule has 0 amide bonds. The van der Waals surface area contributed by atoms with Gasteiger partial charge in [-0.3, -0.25) is 0 Å². The Morgan fingerprint density at radius 1 is 1.33 bits per heavy atom. The van der Waals surface area contributed by atoms with Crippen molar-refractivity contribution >= 4 is 11.0 Å². The second kappa shape index (κ2) is 5.53. The second-order valence-corrected chi connectivity index (χ2v) is 5.44. The number of hydrogen-bond donors (Lipinski definition) is 1. The minimum Gasteiger partial charge on any atom is -0.334 e. The smallest absolute Gasteiger partial charge is 0.0955 e. The van der Waals surface area contributed by atoms with E-state index in [1.165, 1.54) is 11.1 Å². The number of fused-ring (bicyclic) bond motifs is 1. The summed E-state index contributed by atoms with van der Waals surface area (Å²) in [5.41, 5.74) is 3.69. The molecule has 0 spiro atoms. The van der Waals surface area contributed by atoms with Gasteiger partial charge in [0.1, 0.15) is 0 Å². The number of hydrogen-bond acceptors (Lipinski definition) is 2. The molecule has 18 heavy (non-hydrogen) atoms. The van der Waals surface area contributed by atoms with Gasteiger partial charge in [0, 0.05) is 7.05 Å². The third kappa shape index (κ3) is 2.72. The van der Waals surface area contributed by atoms with Crippen molar-refractivity contribution in [3.8, 4) is 0 Å². The highest BCUT2D eigenvalue weighted by Gasteiger charge is 2.13. The van der Waals surface area contributed by atoms with Crippen molar-refractivity contribution < 1.29 is 0 Å². The summed E-state index contributed by atoms with van der Waals surface area (Å²) in [6.45, 7) is 5.65. The molecule has 0 bridgehead atoms. The molecule has 0 aliphatic heterocycles. The topological polar surface area (TPSA) is 29.9 Å². The van der Waals surface area contributed by atoms with Gasteiger partial charge in [-0.15, -0.1) is 0 Å². The van der Waals surface area contributed by atoms with Gasteiger partial charge >= 0.3 is 0 Å². The number of nitrogens with one attached hydrogen (secondary N) is 1. The lowest BCUT2D eigenvalue weighted by Gasteiger charge is -2.20. The number of imidazole rings is 1. The van der Waals surface area contributed by atoms with Crippen LogP contribution in [-0.4, -0.2) is 23.1 Å². The van der Waals surface area contributed by atoms with E-state index in [9.17, 15) is 0 Å². The first kappa shape index (κ1) is 13.1. The monoisotopic (exact) mass is 245 g/mol. The average molecular weight is 245 g/mol. The molecule has 2 aromatic rings. The summed E-state index contributed by atoms with van der Waals surface area (Å²) < 4.78 is 2.06. The summed E-state index contributed by atoms with van der Waals surface area (Å²) in [7, 11) is 4.06. The zero-order valence-corrected chi connectivity index (χ0v) is 11.8. The number of nitrogens with zero attached hydrogens (tertiary/aromatic N) is 2. The Kier molecular flexibility index (Phi) is 4.02. The van der Waals surface area contributed by atoms with Crippen molar-refractivity contribution in [2.45, 2.75) is 20.3 Å². The van der Waals surface area contributed by atoms with Gasteiger partial charge in [0.25, 0.3) is 0 Å². The highest BCUT2D eigenvalue weighted by Crippen LogP contribution is 2.20. The largest absolute Gasteiger partial charge is 0.334 e. The van der Waals surface area contributed by atoms with E-state index in [4.69, 9.17) is 0 Å². The Labute approximate surface area is 109 Å². The van der Waals surface area contributed by atoms with Gasteiger partial charge in [-0.05, 0) is 49.5 Å². The molecular formula is C15H23N3. The van der Waals surface area contributed by atoms with Gasteiger partial charge in [-0.2, -0.15) is 0 Å². The molecule has 0 aliphatic rings. The lowest BCUT2D eigenvalue weighted by molar-refractivity contribution is 0.370. The molecule has 1 heterocycles. The molecule has 98 valence electrons. The molecular weight excluding hydrogens is 222 g/mol. The van der Waals surface area contributed by atoms with Crippen LogP contribution in [0, 0.1) is 11.8 Å². The number of benzene rings is 1. The average Bonchev–Trinajstić information content (AvgIpc) is 2.70. The van der Waals surface area contributed by atoms with Gasteiger partial charge in [-0.1, -0.05) is 19.9 Å². The number of aromatic nitrogens is 2. The minimum atomic E-state index is 0.677. The molecule has 3 heteroatoms. The Balaban J connectivity index is 2.20. The van der Waals surface area contributed by atoms with E-state index in [0.717, 1.165) is 18.5 Å². The lowest BCUT2D eigenvalue weighted by atomic mass is 9.89. The fraction of sp³-hybridized carbons (Fsp3) is 0.533. The molecule has 3 nitrogen and oxygen atoms in total. The van der Waals surface area contributed by atoms with Crippen LogP contribution in [0.15, 0.2) is 24.5 Å². The standard InChI is InChI=1S/C15H23N3/c1-11(2)13(9-16-3)7-12-5-6-15-14(8-12)17-10-18(15)4/h5-6,8,10-11,13,16H,7,9H2,1-4H3. The number of aryl methyl sites for hydroxylation is 1. The van der Waals surface area contributed by atoms with Crippen LogP contribution in [0.4, 0.5) is 0 Å². The van der Waals surface area contributed by atoms with Gasteiger partial charge in [0.2, 0.25) is 0 Å². The van der Waals surface area contributed by atoms with Crippen LogP contribution in [0.3, 0.4) is 0 Å². The summed E-state index contributed by atoms with van der Waals surface area (Å²) in [5.74, 6) is 1.37. The van der Waals surface area contributed by atoms with Crippen molar-refractivity contribution in [3.63, 3.8) is 0 Å². The van der Waals surface area contributed by atoms with Crippen LogP contribution in [0.1, 0.15) is 19.4 Å². The molecule has 0 aliphatic carbocycles. The van der Waals surface area contributed by atoms with Gasteiger partial charge in [-0.25, -0.2) is 4.98 Å². The minimum absolute atomic E-state index is 0.677. The normalized spacial score (nSPS) is 13.4. The summed E-state index contributed by atoms with van der Waals surface area (Å²) in [5, 5.41) is 3.29. The van der Waals surface area contributed by atoms with E-state index in [-0.39, 0.29) is 0 Å². The summed E-state index contributed by atoms with van der Waals surface area (Å²) in [6.07, 6.45) is 2.99. The highest BCUT2D eigenvalue weighted by atomic mass is 15.0. The van der Waals surface area contributed by atoms with Crippen molar-refractivity contribution in [1.29, 1.82) is 0 Å². The van der Waals surface area contributed by atoms with Crippen molar-refractivity contribution in [3.05, 3.63) is 30.1 Å². The summed E-state index contributed by atoms with van der Waals surface area (Å²) in [4.78, 5) is 4.42. The zero-order chi connectivity index (χ0) is 13.1. The predicted octanol–water partition coefficient (Wildman–Crippen LogP) is 2.61. The predicted molar refractivity (Wildman–Crippen MR) is 76.7 cm³/mol. The van der Waals surface area contributed by atoms with E-state index < -0.39 is 0 Å². The highest BCUT2D eigenvalue weighted by molar-refractivity contribution is 5.75. The van der Waals surface area contributed by atoms with E-state index in [2.05, 4.69) is 46.9 Å². The maximum Gasteiger partial charge on any atom is 0.0955 e. The first-order valence-corrected chi connectivity index (χ1v) is 6.66. The molecule has 1 aromatic heterocycles. The van der Waals surface area contributed by atoms with Crippen molar-refractivity contribution in [1.82, 2.24) is 14.9 Å². The summed E-state index contributed by atoms with van der Waals surface area (Å²) in [6, 6.07) is 6.63. The van der Waals surface area contributed by atoms with Gasteiger partial charge in [0.05, 0.1) is 17.4 Å². The van der Waals surface area contributed by atoms with Gasteiger partial charge in [0.15, 0.2) is 0 Å². The SMILES string of the molecule is CNCC(Cc1ccc2c(c1)ncn2C)C(C)C. The molecule has 1 N–H and O–H groups in total. The van der Waals surface area contributed by atoms with E-state index in [1.54, 1.807) is 0 Å². The Bertz CT molecular complexity index is 513. The van der Waals surface area contributed by atoms with Crippen LogP contribution in [0.2, 0.25) is 0 Å². The van der Waals surface area contributed by atoms with Crippen LogP contribution in [0.25, 0.3) is 11.0 Å². The zero-order valence-electron chi connectivity index (χ0n) is 11.8. The third-order valence-corrected chi connectivity index (χ3v) is 3.70. The quantitative estimate of drug-likeness (QED) is 0.877. The fourth-order valence-electron chi connectivity index (χ4n) is 2.42. The molecule has 0 saturated heterocycles. The van der Waals surface area contributed by atoms with E-state index >= 15 is 0 Å². The first-order chi connectivity index (χ1) is 8.61. The molecule has 1 atom stereocenters. The lowest BCUT2D eigenvalue weighted by Crippen LogP contribution is -2.25. The van der Waals surface area contributed by atoms with Crippen LogP contribution >= 0.6 is 0 Å². The maximum absolute atomic E-state index is 4.42. The molecule has 0 fully saturated rings. The van der Waals surface area contributed by atoms with E-state index in [1.807, 2.05) is 20.4 Å². The number of rotatable bonds is 5. The molecule has 0 radical (unpaired) electrons. The second-order valence-electron chi connectivity index (χ2n) is 5.44.